The van der Waals surface area contributed by atoms with E-state index in [1.54, 1.807) is 0 Å². The Morgan fingerprint density at radius 2 is 1.61 bits per heavy atom. The minimum atomic E-state index is 0.0457. The Kier molecular flexibility index (Phi) is 3.28. The summed E-state index contributed by atoms with van der Waals surface area (Å²) in [6.07, 6.45) is 0. The molecule has 18 heavy (non-hydrogen) atoms. The molecule has 2 aromatic carbocycles. The van der Waals surface area contributed by atoms with Crippen LogP contribution in [0, 0.1) is 0 Å². The largest absolute Gasteiger partial charge is 0.398 e. The Balaban J connectivity index is 2.39. The van der Waals surface area contributed by atoms with Crippen LogP contribution in [0.15, 0.2) is 48.5 Å². The first-order valence-electron chi connectivity index (χ1n) is 6.19. The van der Waals surface area contributed by atoms with Crippen molar-refractivity contribution in [2.75, 3.05) is 11.1 Å². The van der Waals surface area contributed by atoms with Gasteiger partial charge in [-0.3, -0.25) is 0 Å². The molecule has 0 fully saturated rings. The summed E-state index contributed by atoms with van der Waals surface area (Å²) in [6, 6.07) is 16.3. The molecule has 0 aromatic heterocycles. The van der Waals surface area contributed by atoms with Crippen molar-refractivity contribution < 1.29 is 0 Å². The molecule has 0 aliphatic carbocycles. The Hall–Kier alpha value is -1.96. The fraction of sp³-hybridized carbons (Fsp3) is 0.250. The molecule has 2 heteroatoms. The van der Waals surface area contributed by atoms with E-state index in [1.165, 1.54) is 0 Å². The Labute approximate surface area is 109 Å². The third-order valence-electron chi connectivity index (χ3n) is 2.66. The van der Waals surface area contributed by atoms with Crippen molar-refractivity contribution in [1.82, 2.24) is 0 Å². The van der Waals surface area contributed by atoms with Gasteiger partial charge in [-0.1, -0.05) is 30.3 Å². The molecular weight excluding hydrogens is 220 g/mol. The zero-order valence-electron chi connectivity index (χ0n) is 11.2. The lowest BCUT2D eigenvalue weighted by Gasteiger charge is -2.23. The van der Waals surface area contributed by atoms with Crippen LogP contribution in [-0.4, -0.2) is 5.54 Å². The van der Waals surface area contributed by atoms with Gasteiger partial charge in [0.05, 0.1) is 0 Å². The molecule has 2 rings (SSSR count). The van der Waals surface area contributed by atoms with Gasteiger partial charge in [0.25, 0.3) is 0 Å². The van der Waals surface area contributed by atoms with Crippen LogP contribution in [-0.2, 0) is 0 Å². The predicted octanol–water partition coefficient (Wildman–Crippen LogP) is 4.15. The van der Waals surface area contributed by atoms with E-state index < -0.39 is 0 Å². The first kappa shape index (κ1) is 12.5. The summed E-state index contributed by atoms with van der Waals surface area (Å²) in [4.78, 5) is 0. The Bertz CT molecular complexity index is 525. The number of benzene rings is 2. The van der Waals surface area contributed by atoms with Gasteiger partial charge in [-0.15, -0.1) is 0 Å². The number of nitrogen functional groups attached to an aromatic ring is 1. The van der Waals surface area contributed by atoms with Crippen LogP contribution in [0.4, 0.5) is 11.4 Å². The summed E-state index contributed by atoms with van der Waals surface area (Å²) in [5.74, 6) is 0. The van der Waals surface area contributed by atoms with Crippen molar-refractivity contribution in [3.8, 4) is 11.1 Å². The number of hydrogen-bond acceptors (Lipinski definition) is 2. The van der Waals surface area contributed by atoms with E-state index in [9.17, 15) is 0 Å². The van der Waals surface area contributed by atoms with Gasteiger partial charge in [-0.25, -0.2) is 0 Å². The minimum absolute atomic E-state index is 0.0457. The van der Waals surface area contributed by atoms with E-state index in [0.29, 0.717) is 0 Å². The SMILES string of the molecule is CC(C)(C)Nc1ccc(N)c(-c2ccccc2)c1. The molecule has 0 saturated heterocycles. The van der Waals surface area contributed by atoms with Gasteiger partial charge in [0, 0.05) is 22.5 Å². The molecule has 0 unspecified atom stereocenters. The van der Waals surface area contributed by atoms with Crippen LogP contribution in [0.5, 0.6) is 0 Å². The summed E-state index contributed by atoms with van der Waals surface area (Å²) < 4.78 is 0. The van der Waals surface area contributed by atoms with Crippen molar-refractivity contribution in [2.45, 2.75) is 26.3 Å². The number of nitrogens with one attached hydrogen (secondary N) is 1. The summed E-state index contributed by atoms with van der Waals surface area (Å²) >= 11 is 0. The zero-order valence-corrected chi connectivity index (χ0v) is 11.2. The molecule has 0 spiro atoms. The summed E-state index contributed by atoms with van der Waals surface area (Å²) in [5, 5.41) is 3.46. The lowest BCUT2D eigenvalue weighted by atomic mass is 10.0. The Morgan fingerprint density at radius 1 is 0.944 bits per heavy atom. The van der Waals surface area contributed by atoms with Crippen molar-refractivity contribution in [3.05, 3.63) is 48.5 Å². The van der Waals surface area contributed by atoms with Crippen molar-refractivity contribution in [3.63, 3.8) is 0 Å². The van der Waals surface area contributed by atoms with E-state index in [-0.39, 0.29) is 5.54 Å². The maximum absolute atomic E-state index is 6.06. The van der Waals surface area contributed by atoms with E-state index in [1.807, 2.05) is 30.3 Å². The van der Waals surface area contributed by atoms with Crippen LogP contribution in [0.3, 0.4) is 0 Å². The Morgan fingerprint density at radius 3 is 2.22 bits per heavy atom. The summed E-state index contributed by atoms with van der Waals surface area (Å²) in [5.41, 5.74) is 10.2. The molecule has 3 N–H and O–H groups in total. The summed E-state index contributed by atoms with van der Waals surface area (Å²) in [6.45, 7) is 6.43. The third-order valence-corrected chi connectivity index (χ3v) is 2.66. The molecular formula is C16H20N2. The minimum Gasteiger partial charge on any atom is -0.398 e. The molecule has 0 amide bonds. The molecule has 0 atom stereocenters. The van der Waals surface area contributed by atoms with Gasteiger partial charge < -0.3 is 11.1 Å². The first-order chi connectivity index (χ1) is 8.46. The fourth-order valence-electron chi connectivity index (χ4n) is 1.93. The highest BCUT2D eigenvalue weighted by Gasteiger charge is 2.10. The van der Waals surface area contributed by atoms with E-state index in [0.717, 1.165) is 22.5 Å². The molecule has 2 aromatic rings. The molecule has 0 aliphatic heterocycles. The second kappa shape index (κ2) is 4.73. The van der Waals surface area contributed by atoms with Crippen LogP contribution >= 0.6 is 0 Å². The van der Waals surface area contributed by atoms with Gasteiger partial charge in [-0.05, 0) is 44.5 Å². The van der Waals surface area contributed by atoms with Crippen LogP contribution in [0.1, 0.15) is 20.8 Å². The van der Waals surface area contributed by atoms with Crippen molar-refractivity contribution in [1.29, 1.82) is 0 Å². The fourth-order valence-corrected chi connectivity index (χ4v) is 1.93. The number of anilines is 2. The van der Waals surface area contributed by atoms with E-state index >= 15 is 0 Å². The number of hydrogen-bond donors (Lipinski definition) is 2. The van der Waals surface area contributed by atoms with E-state index in [4.69, 9.17) is 5.73 Å². The lowest BCUT2D eigenvalue weighted by Crippen LogP contribution is -2.26. The molecule has 0 aliphatic rings. The molecule has 0 bridgehead atoms. The molecule has 0 saturated carbocycles. The van der Waals surface area contributed by atoms with Crippen LogP contribution < -0.4 is 11.1 Å². The van der Waals surface area contributed by atoms with Gasteiger partial charge in [0.15, 0.2) is 0 Å². The third kappa shape index (κ3) is 3.04. The van der Waals surface area contributed by atoms with Crippen LogP contribution in [0.25, 0.3) is 11.1 Å². The number of rotatable bonds is 2. The second-order valence-electron chi connectivity index (χ2n) is 5.54. The predicted molar refractivity (Wildman–Crippen MR) is 79.7 cm³/mol. The van der Waals surface area contributed by atoms with Gasteiger partial charge in [0.1, 0.15) is 0 Å². The van der Waals surface area contributed by atoms with Gasteiger partial charge in [-0.2, -0.15) is 0 Å². The highest BCUT2D eigenvalue weighted by atomic mass is 14.9. The highest BCUT2D eigenvalue weighted by Crippen LogP contribution is 2.29. The standard InChI is InChI=1S/C16H20N2/c1-16(2,3)18-13-9-10-15(17)14(11-13)12-7-5-4-6-8-12/h4-11,18H,17H2,1-3H3. The quantitative estimate of drug-likeness (QED) is 0.774. The maximum Gasteiger partial charge on any atom is 0.0395 e. The average Bonchev–Trinajstić information content (AvgIpc) is 2.31. The highest BCUT2D eigenvalue weighted by molar-refractivity contribution is 5.79. The second-order valence-corrected chi connectivity index (χ2v) is 5.54. The average molecular weight is 240 g/mol. The number of nitrogens with two attached hydrogens (primary N) is 1. The maximum atomic E-state index is 6.06. The first-order valence-corrected chi connectivity index (χ1v) is 6.19. The normalized spacial score (nSPS) is 11.3. The molecule has 2 nitrogen and oxygen atoms in total. The van der Waals surface area contributed by atoms with Gasteiger partial charge in [0.2, 0.25) is 0 Å². The van der Waals surface area contributed by atoms with Crippen LogP contribution in [0.2, 0.25) is 0 Å². The smallest absolute Gasteiger partial charge is 0.0395 e. The zero-order chi connectivity index (χ0) is 13.2. The molecule has 94 valence electrons. The topological polar surface area (TPSA) is 38.0 Å². The lowest BCUT2D eigenvalue weighted by molar-refractivity contribution is 0.634. The summed E-state index contributed by atoms with van der Waals surface area (Å²) in [7, 11) is 0. The molecule has 0 heterocycles. The van der Waals surface area contributed by atoms with E-state index in [2.05, 4.69) is 44.3 Å². The van der Waals surface area contributed by atoms with Crippen molar-refractivity contribution >= 4 is 11.4 Å². The van der Waals surface area contributed by atoms with Gasteiger partial charge >= 0.3 is 0 Å². The molecule has 0 radical (unpaired) electrons. The monoisotopic (exact) mass is 240 g/mol. The van der Waals surface area contributed by atoms with Crippen molar-refractivity contribution in [2.24, 2.45) is 0 Å².